The van der Waals surface area contributed by atoms with Gasteiger partial charge in [-0.1, -0.05) is 25.4 Å². The lowest BCUT2D eigenvalue weighted by molar-refractivity contribution is 0.523. The Labute approximate surface area is 119 Å². The molecule has 3 nitrogen and oxygen atoms in total. The lowest BCUT2D eigenvalue weighted by Gasteiger charge is -2.10. The first kappa shape index (κ1) is 14.4. The van der Waals surface area contributed by atoms with E-state index in [1.807, 2.05) is 12.1 Å². The molecule has 0 aliphatic carbocycles. The quantitative estimate of drug-likeness (QED) is 0.877. The van der Waals surface area contributed by atoms with Gasteiger partial charge in [0.25, 0.3) is 0 Å². The van der Waals surface area contributed by atoms with Crippen LogP contribution in [0.3, 0.4) is 0 Å². The number of benzene rings is 1. The number of hydrogen-bond acceptors (Lipinski definition) is 2. The molecule has 1 atom stereocenters. The van der Waals surface area contributed by atoms with E-state index < -0.39 is 0 Å². The summed E-state index contributed by atoms with van der Waals surface area (Å²) in [6.07, 6.45) is 3.16. The molecule has 2 N–H and O–H groups in total. The second-order valence-corrected chi connectivity index (χ2v) is 5.63. The maximum atomic E-state index is 6.04. The van der Waals surface area contributed by atoms with Crippen molar-refractivity contribution in [1.29, 1.82) is 0 Å². The molecule has 19 heavy (non-hydrogen) atoms. The molecule has 0 saturated carbocycles. The van der Waals surface area contributed by atoms with Crippen molar-refractivity contribution in [1.82, 2.24) is 9.55 Å². The fourth-order valence-corrected chi connectivity index (χ4v) is 2.48. The molecule has 0 bridgehead atoms. The van der Waals surface area contributed by atoms with Gasteiger partial charge < -0.3 is 10.3 Å². The summed E-state index contributed by atoms with van der Waals surface area (Å²) in [6.45, 7) is 6.11. The first-order chi connectivity index (χ1) is 9.15. The number of imidazole rings is 1. The zero-order chi connectivity index (χ0) is 13.8. The minimum absolute atomic E-state index is 0.540. The summed E-state index contributed by atoms with van der Waals surface area (Å²) >= 11 is 6.04. The van der Waals surface area contributed by atoms with Gasteiger partial charge in [-0.15, -0.1) is 0 Å². The van der Waals surface area contributed by atoms with E-state index in [1.165, 1.54) is 5.52 Å². The molecule has 0 saturated heterocycles. The van der Waals surface area contributed by atoms with Gasteiger partial charge in [0.05, 0.1) is 11.0 Å². The van der Waals surface area contributed by atoms with Crippen LogP contribution in [0.4, 0.5) is 0 Å². The summed E-state index contributed by atoms with van der Waals surface area (Å²) in [4.78, 5) is 4.74. The molecule has 1 aromatic carbocycles. The van der Waals surface area contributed by atoms with E-state index in [-0.39, 0.29) is 0 Å². The van der Waals surface area contributed by atoms with Crippen LogP contribution >= 0.6 is 11.6 Å². The van der Waals surface area contributed by atoms with Crippen LogP contribution in [-0.4, -0.2) is 16.1 Å². The molecule has 0 radical (unpaired) electrons. The number of nitrogens with two attached hydrogens (primary N) is 1. The summed E-state index contributed by atoms with van der Waals surface area (Å²) in [5.74, 6) is 1.69. The zero-order valence-corrected chi connectivity index (χ0v) is 12.5. The van der Waals surface area contributed by atoms with Crippen molar-refractivity contribution in [3.05, 3.63) is 29.0 Å². The maximum absolute atomic E-state index is 6.04. The fraction of sp³-hybridized carbons (Fsp3) is 0.533. The molecule has 2 rings (SSSR count). The highest BCUT2D eigenvalue weighted by molar-refractivity contribution is 6.31. The molecular formula is C15H22ClN3. The molecule has 104 valence electrons. The van der Waals surface area contributed by atoms with E-state index >= 15 is 0 Å². The van der Waals surface area contributed by atoms with Gasteiger partial charge in [-0.3, -0.25) is 0 Å². The predicted octanol–water partition coefficient (Wildman–Crippen LogP) is 3.63. The molecule has 4 heteroatoms. The Kier molecular flexibility index (Phi) is 4.83. The SMILES string of the molecule is CCCn1c(CCC(C)CN)nc2cc(Cl)ccc21. The van der Waals surface area contributed by atoms with Gasteiger partial charge in [0.2, 0.25) is 0 Å². The number of aromatic nitrogens is 2. The van der Waals surface area contributed by atoms with Gasteiger partial charge >= 0.3 is 0 Å². The number of nitrogens with zero attached hydrogens (tertiary/aromatic N) is 2. The second-order valence-electron chi connectivity index (χ2n) is 5.19. The van der Waals surface area contributed by atoms with E-state index in [0.717, 1.165) is 48.7 Å². The first-order valence-electron chi connectivity index (χ1n) is 7.00. The minimum Gasteiger partial charge on any atom is -0.330 e. The van der Waals surface area contributed by atoms with Crippen molar-refractivity contribution in [2.24, 2.45) is 11.7 Å². The lowest BCUT2D eigenvalue weighted by Crippen LogP contribution is -2.13. The van der Waals surface area contributed by atoms with Gasteiger partial charge in [-0.25, -0.2) is 4.98 Å². The van der Waals surface area contributed by atoms with Crippen LogP contribution in [0.1, 0.15) is 32.5 Å². The summed E-state index contributed by atoms with van der Waals surface area (Å²) in [5, 5.41) is 0.746. The molecule has 0 aliphatic rings. The van der Waals surface area contributed by atoms with Gasteiger partial charge in [0.15, 0.2) is 0 Å². The van der Waals surface area contributed by atoms with Crippen LogP contribution in [0.2, 0.25) is 5.02 Å². The number of aryl methyl sites for hydroxylation is 2. The Bertz CT molecular complexity index is 548. The van der Waals surface area contributed by atoms with Crippen molar-refractivity contribution in [3.8, 4) is 0 Å². The third kappa shape index (κ3) is 3.28. The molecule has 0 spiro atoms. The third-order valence-electron chi connectivity index (χ3n) is 3.50. The van der Waals surface area contributed by atoms with Gasteiger partial charge in [0.1, 0.15) is 5.82 Å². The molecule has 0 aliphatic heterocycles. The van der Waals surface area contributed by atoms with Crippen LogP contribution < -0.4 is 5.73 Å². The highest BCUT2D eigenvalue weighted by Gasteiger charge is 2.11. The second kappa shape index (κ2) is 6.40. The molecule has 2 aromatic rings. The minimum atomic E-state index is 0.540. The predicted molar refractivity (Wildman–Crippen MR) is 81.6 cm³/mol. The molecular weight excluding hydrogens is 258 g/mol. The largest absolute Gasteiger partial charge is 0.330 e. The average Bonchev–Trinajstić information content (AvgIpc) is 2.73. The van der Waals surface area contributed by atoms with Gasteiger partial charge in [-0.05, 0) is 43.5 Å². The average molecular weight is 280 g/mol. The van der Waals surface area contributed by atoms with E-state index in [0.29, 0.717) is 5.92 Å². The summed E-state index contributed by atoms with van der Waals surface area (Å²) in [5.41, 5.74) is 7.86. The number of fused-ring (bicyclic) bond motifs is 1. The van der Waals surface area contributed by atoms with Crippen molar-refractivity contribution in [3.63, 3.8) is 0 Å². The van der Waals surface area contributed by atoms with Crippen molar-refractivity contribution >= 4 is 22.6 Å². The number of halogens is 1. The standard InChI is InChI=1S/C15H22ClN3/c1-3-8-19-14-6-5-12(16)9-13(14)18-15(19)7-4-11(2)10-17/h5-6,9,11H,3-4,7-8,10,17H2,1-2H3. The highest BCUT2D eigenvalue weighted by Crippen LogP contribution is 2.22. The van der Waals surface area contributed by atoms with Gasteiger partial charge in [0, 0.05) is 18.0 Å². The summed E-state index contributed by atoms with van der Waals surface area (Å²) in [6, 6.07) is 5.94. The Balaban J connectivity index is 2.32. The first-order valence-corrected chi connectivity index (χ1v) is 7.38. The van der Waals surface area contributed by atoms with Crippen molar-refractivity contribution in [2.75, 3.05) is 6.54 Å². The molecule has 1 unspecified atom stereocenters. The summed E-state index contributed by atoms with van der Waals surface area (Å²) < 4.78 is 2.31. The maximum Gasteiger partial charge on any atom is 0.109 e. The zero-order valence-electron chi connectivity index (χ0n) is 11.7. The van der Waals surface area contributed by atoms with Crippen molar-refractivity contribution in [2.45, 2.75) is 39.7 Å². The Morgan fingerprint density at radius 3 is 2.89 bits per heavy atom. The van der Waals surface area contributed by atoms with Crippen LogP contribution in [0.5, 0.6) is 0 Å². The van der Waals surface area contributed by atoms with Crippen LogP contribution in [-0.2, 0) is 13.0 Å². The molecule has 1 heterocycles. The fourth-order valence-electron chi connectivity index (χ4n) is 2.31. The number of hydrogen-bond donors (Lipinski definition) is 1. The van der Waals surface area contributed by atoms with E-state index in [1.54, 1.807) is 0 Å². The van der Waals surface area contributed by atoms with E-state index in [4.69, 9.17) is 22.3 Å². The van der Waals surface area contributed by atoms with Crippen molar-refractivity contribution < 1.29 is 0 Å². The van der Waals surface area contributed by atoms with E-state index in [2.05, 4.69) is 24.5 Å². The Morgan fingerprint density at radius 1 is 1.42 bits per heavy atom. The molecule has 0 fully saturated rings. The van der Waals surface area contributed by atoms with Gasteiger partial charge in [-0.2, -0.15) is 0 Å². The Morgan fingerprint density at radius 2 is 2.21 bits per heavy atom. The molecule has 1 aromatic heterocycles. The smallest absolute Gasteiger partial charge is 0.109 e. The van der Waals surface area contributed by atoms with Crippen LogP contribution in [0.15, 0.2) is 18.2 Å². The number of rotatable bonds is 6. The van der Waals surface area contributed by atoms with E-state index in [9.17, 15) is 0 Å². The topological polar surface area (TPSA) is 43.8 Å². The van der Waals surface area contributed by atoms with Crippen LogP contribution in [0, 0.1) is 5.92 Å². The highest BCUT2D eigenvalue weighted by atomic mass is 35.5. The van der Waals surface area contributed by atoms with Crippen LogP contribution in [0.25, 0.3) is 11.0 Å². The lowest BCUT2D eigenvalue weighted by atomic mass is 10.1. The normalized spacial score (nSPS) is 13.1. The third-order valence-corrected chi connectivity index (χ3v) is 3.73. The Hall–Kier alpha value is -1.06. The monoisotopic (exact) mass is 279 g/mol. The summed E-state index contributed by atoms with van der Waals surface area (Å²) in [7, 11) is 0. The molecule has 0 amide bonds.